The van der Waals surface area contributed by atoms with E-state index in [2.05, 4.69) is 23.6 Å². The number of piperazine rings is 1. The number of unbranched alkanes of at least 4 members (excludes halogenated alkanes) is 1. The lowest BCUT2D eigenvalue weighted by Gasteiger charge is -2.37. The first-order valence-corrected chi connectivity index (χ1v) is 6.81. The molecule has 1 atom stereocenters. The van der Waals surface area contributed by atoms with E-state index in [-0.39, 0.29) is 0 Å². The molecule has 1 fully saturated rings. The summed E-state index contributed by atoms with van der Waals surface area (Å²) in [4.78, 5) is 15.4. The summed E-state index contributed by atoms with van der Waals surface area (Å²) in [5.74, 6) is -0.674. The number of hydrogen-bond donors (Lipinski definition) is 1. The highest BCUT2D eigenvalue weighted by atomic mass is 16.4. The van der Waals surface area contributed by atoms with Gasteiger partial charge in [0.1, 0.15) is 0 Å². The van der Waals surface area contributed by atoms with E-state index in [1.165, 1.54) is 6.42 Å². The minimum absolute atomic E-state index is 0.312. The fourth-order valence-electron chi connectivity index (χ4n) is 2.30. The van der Waals surface area contributed by atoms with Crippen molar-refractivity contribution >= 4 is 5.97 Å². The fourth-order valence-corrected chi connectivity index (χ4v) is 2.30. The lowest BCUT2D eigenvalue weighted by Crippen LogP contribution is -2.49. The van der Waals surface area contributed by atoms with Crippen LogP contribution in [0.1, 0.15) is 39.5 Å². The van der Waals surface area contributed by atoms with Gasteiger partial charge in [-0.2, -0.15) is 0 Å². The lowest BCUT2D eigenvalue weighted by atomic mass is 10.1. The number of hydrogen-bond acceptors (Lipinski definition) is 3. The zero-order valence-electron chi connectivity index (χ0n) is 11.2. The zero-order valence-corrected chi connectivity index (χ0v) is 11.2. The van der Waals surface area contributed by atoms with Crippen LogP contribution in [0, 0.1) is 0 Å². The van der Waals surface area contributed by atoms with E-state index >= 15 is 0 Å². The van der Waals surface area contributed by atoms with Crippen LogP contribution in [0.25, 0.3) is 0 Å². The van der Waals surface area contributed by atoms with E-state index in [4.69, 9.17) is 5.11 Å². The van der Waals surface area contributed by atoms with Crippen LogP contribution < -0.4 is 0 Å². The Kier molecular flexibility index (Phi) is 6.52. The molecule has 1 rings (SSSR count). The zero-order chi connectivity index (χ0) is 12.7. The average molecular weight is 242 g/mol. The summed E-state index contributed by atoms with van der Waals surface area (Å²) in [6.45, 7) is 10.2. The molecule has 0 saturated carbocycles. The van der Waals surface area contributed by atoms with Gasteiger partial charge in [0.25, 0.3) is 0 Å². The van der Waals surface area contributed by atoms with Crippen LogP contribution in [0.5, 0.6) is 0 Å². The van der Waals surface area contributed by atoms with Crippen LogP contribution in [0.2, 0.25) is 0 Å². The molecule has 0 bridgehead atoms. The molecule has 1 heterocycles. The molecule has 0 radical (unpaired) electrons. The second-order valence-corrected chi connectivity index (χ2v) is 4.99. The first-order chi connectivity index (χ1) is 8.13. The van der Waals surface area contributed by atoms with Crippen LogP contribution in [-0.2, 0) is 4.79 Å². The first kappa shape index (κ1) is 14.5. The Bertz CT molecular complexity index is 225. The van der Waals surface area contributed by atoms with Crippen LogP contribution in [0.4, 0.5) is 0 Å². The van der Waals surface area contributed by atoms with Crippen molar-refractivity contribution in [3.63, 3.8) is 0 Å². The maximum absolute atomic E-state index is 10.4. The number of carboxylic acid groups (broad SMARTS) is 1. The van der Waals surface area contributed by atoms with Gasteiger partial charge in [0.2, 0.25) is 0 Å². The summed E-state index contributed by atoms with van der Waals surface area (Å²) in [5.41, 5.74) is 0. The monoisotopic (exact) mass is 242 g/mol. The normalized spacial score (nSPS) is 20.4. The van der Waals surface area contributed by atoms with Gasteiger partial charge in [-0.15, -0.1) is 0 Å². The molecule has 0 aromatic carbocycles. The summed E-state index contributed by atoms with van der Waals surface area (Å²) in [7, 11) is 0. The Balaban J connectivity index is 2.08. The number of carbonyl (C=O) groups is 1. The van der Waals surface area contributed by atoms with Crippen molar-refractivity contribution in [2.75, 3.05) is 32.7 Å². The molecule has 100 valence electrons. The van der Waals surface area contributed by atoms with Crippen LogP contribution in [-0.4, -0.2) is 59.6 Å². The molecule has 0 aliphatic carbocycles. The van der Waals surface area contributed by atoms with E-state index < -0.39 is 5.97 Å². The minimum Gasteiger partial charge on any atom is -0.481 e. The summed E-state index contributed by atoms with van der Waals surface area (Å²) < 4.78 is 0. The Morgan fingerprint density at radius 3 is 2.41 bits per heavy atom. The molecule has 17 heavy (non-hydrogen) atoms. The molecule has 1 saturated heterocycles. The van der Waals surface area contributed by atoms with Crippen molar-refractivity contribution in [3.8, 4) is 0 Å². The average Bonchev–Trinajstić information content (AvgIpc) is 2.34. The van der Waals surface area contributed by atoms with Crippen molar-refractivity contribution in [1.82, 2.24) is 9.80 Å². The van der Waals surface area contributed by atoms with Crippen molar-refractivity contribution < 1.29 is 9.90 Å². The highest BCUT2D eigenvalue weighted by molar-refractivity contribution is 5.66. The van der Waals surface area contributed by atoms with Crippen molar-refractivity contribution in [2.45, 2.75) is 45.6 Å². The minimum atomic E-state index is -0.674. The van der Waals surface area contributed by atoms with Gasteiger partial charge in [0.15, 0.2) is 0 Å². The molecular formula is C13H26N2O2. The predicted octanol–water partition coefficient (Wildman–Crippen LogP) is 1.66. The molecule has 1 unspecified atom stereocenters. The van der Waals surface area contributed by atoms with Gasteiger partial charge in [0, 0.05) is 38.6 Å². The van der Waals surface area contributed by atoms with Crippen molar-refractivity contribution in [2.24, 2.45) is 0 Å². The lowest BCUT2D eigenvalue weighted by molar-refractivity contribution is -0.137. The van der Waals surface area contributed by atoms with Crippen molar-refractivity contribution in [1.29, 1.82) is 0 Å². The Morgan fingerprint density at radius 1 is 1.24 bits per heavy atom. The highest BCUT2D eigenvalue weighted by Gasteiger charge is 2.19. The number of rotatable bonds is 7. The van der Waals surface area contributed by atoms with Gasteiger partial charge in [0.05, 0.1) is 0 Å². The summed E-state index contributed by atoms with van der Waals surface area (Å²) >= 11 is 0. The second kappa shape index (κ2) is 7.67. The first-order valence-electron chi connectivity index (χ1n) is 6.81. The number of carboxylic acids is 1. The van der Waals surface area contributed by atoms with Crippen LogP contribution in [0.15, 0.2) is 0 Å². The molecule has 4 heteroatoms. The Morgan fingerprint density at radius 2 is 1.88 bits per heavy atom. The van der Waals surface area contributed by atoms with E-state index in [0.29, 0.717) is 12.5 Å². The van der Waals surface area contributed by atoms with Gasteiger partial charge < -0.3 is 10.0 Å². The molecular weight excluding hydrogens is 216 g/mol. The molecule has 0 aromatic heterocycles. The van der Waals surface area contributed by atoms with E-state index in [9.17, 15) is 4.79 Å². The highest BCUT2D eigenvalue weighted by Crippen LogP contribution is 2.09. The van der Waals surface area contributed by atoms with Gasteiger partial charge in [-0.3, -0.25) is 9.69 Å². The van der Waals surface area contributed by atoms with Gasteiger partial charge in [-0.1, -0.05) is 6.92 Å². The number of nitrogens with zero attached hydrogens (tertiary/aromatic N) is 2. The van der Waals surface area contributed by atoms with E-state index in [1.54, 1.807) is 0 Å². The summed E-state index contributed by atoms with van der Waals surface area (Å²) in [6, 6.07) is 0.698. The smallest absolute Gasteiger partial charge is 0.303 e. The third-order valence-electron chi connectivity index (χ3n) is 3.74. The molecule has 4 nitrogen and oxygen atoms in total. The topological polar surface area (TPSA) is 43.8 Å². The predicted molar refractivity (Wildman–Crippen MR) is 69.3 cm³/mol. The van der Waals surface area contributed by atoms with Gasteiger partial charge >= 0.3 is 5.97 Å². The van der Waals surface area contributed by atoms with Crippen molar-refractivity contribution in [3.05, 3.63) is 0 Å². The van der Waals surface area contributed by atoms with Gasteiger partial charge in [-0.05, 0) is 32.7 Å². The third-order valence-corrected chi connectivity index (χ3v) is 3.74. The second-order valence-electron chi connectivity index (χ2n) is 4.99. The molecule has 0 spiro atoms. The van der Waals surface area contributed by atoms with Gasteiger partial charge in [-0.25, -0.2) is 0 Å². The van der Waals surface area contributed by atoms with Crippen LogP contribution >= 0.6 is 0 Å². The quantitative estimate of drug-likeness (QED) is 0.690. The largest absolute Gasteiger partial charge is 0.481 e. The van der Waals surface area contributed by atoms with E-state index in [1.807, 2.05) is 0 Å². The van der Waals surface area contributed by atoms with E-state index in [0.717, 1.165) is 45.6 Å². The van der Waals surface area contributed by atoms with Crippen LogP contribution in [0.3, 0.4) is 0 Å². The Hall–Kier alpha value is -0.610. The molecule has 0 amide bonds. The maximum Gasteiger partial charge on any atom is 0.303 e. The number of aliphatic carboxylic acids is 1. The SMILES string of the molecule is CCC(C)N1CCN(CCCCC(=O)O)CC1. The third kappa shape index (κ3) is 5.50. The fraction of sp³-hybridized carbons (Fsp3) is 0.923. The maximum atomic E-state index is 10.4. The molecule has 0 aromatic rings. The molecule has 1 aliphatic heterocycles. The summed E-state index contributed by atoms with van der Waals surface area (Å²) in [6.07, 6.45) is 3.35. The molecule has 1 aliphatic rings. The standard InChI is InChI=1S/C13H26N2O2/c1-3-12(2)15-10-8-14(9-11-15)7-5-4-6-13(16)17/h12H,3-11H2,1-2H3,(H,16,17). The summed E-state index contributed by atoms with van der Waals surface area (Å²) in [5, 5.41) is 8.55. The Labute approximate surface area is 105 Å². The molecule has 1 N–H and O–H groups in total.